The second-order valence-corrected chi connectivity index (χ2v) is 8.62. The van der Waals surface area contributed by atoms with E-state index < -0.39 is 16.8 Å². The number of rotatable bonds is 3. The van der Waals surface area contributed by atoms with E-state index in [1.165, 1.54) is 11.8 Å². The van der Waals surface area contributed by atoms with Crippen molar-refractivity contribution >= 4 is 50.0 Å². The fourth-order valence-electron chi connectivity index (χ4n) is 2.34. The third-order valence-electron chi connectivity index (χ3n) is 3.57. The molecule has 5 nitrogen and oxygen atoms in total. The molecule has 0 amide bonds. The quantitative estimate of drug-likeness (QED) is 0.934. The van der Waals surface area contributed by atoms with Crippen LogP contribution in [0.2, 0.25) is 0 Å². The van der Waals surface area contributed by atoms with E-state index in [9.17, 15) is 9.90 Å². The summed E-state index contributed by atoms with van der Waals surface area (Å²) in [6, 6.07) is 5.41. The van der Waals surface area contributed by atoms with E-state index >= 15 is 0 Å². The molecule has 1 N–H and O–H groups in total. The first kappa shape index (κ1) is 15.3. The minimum atomic E-state index is -0.886. The molecule has 2 heterocycles. The van der Waals surface area contributed by atoms with Crippen LogP contribution in [-0.4, -0.2) is 46.0 Å². The molecule has 0 fully saturated rings. The van der Waals surface area contributed by atoms with Crippen molar-refractivity contribution in [2.75, 3.05) is 19.0 Å². The summed E-state index contributed by atoms with van der Waals surface area (Å²) in [7, 11) is 3.98. The largest absolute Gasteiger partial charge is 0.480 e. The van der Waals surface area contributed by atoms with Gasteiger partial charge in [0.05, 0.1) is 10.2 Å². The molecule has 1 aromatic heterocycles. The number of aliphatic carboxylic acids is 1. The maximum Gasteiger partial charge on any atom is 0.329 e. The predicted octanol–water partition coefficient (Wildman–Crippen LogP) is 3.09. The maximum absolute atomic E-state index is 11.3. The molecule has 0 radical (unpaired) electrons. The SMILES string of the molecule is CN(C)c1ccc2sc(C3=N[C@@H](C(=O)O)C(C)(C)S3)nc2c1. The number of hydrogen-bond donors (Lipinski definition) is 1. The molecule has 0 spiro atoms. The second kappa shape index (κ2) is 5.24. The lowest BCUT2D eigenvalue weighted by Gasteiger charge is -2.19. The lowest BCUT2D eigenvalue weighted by Crippen LogP contribution is -2.34. The summed E-state index contributed by atoms with van der Waals surface area (Å²) < 4.78 is 0.633. The van der Waals surface area contributed by atoms with E-state index in [1.54, 1.807) is 11.3 Å². The predicted molar refractivity (Wildman–Crippen MR) is 93.6 cm³/mol. The van der Waals surface area contributed by atoms with E-state index in [4.69, 9.17) is 0 Å². The van der Waals surface area contributed by atoms with Crippen molar-refractivity contribution in [3.63, 3.8) is 0 Å². The number of anilines is 1. The van der Waals surface area contributed by atoms with Crippen LogP contribution in [0.3, 0.4) is 0 Å². The molecule has 2 aromatic rings. The van der Waals surface area contributed by atoms with Gasteiger partial charge in [0.15, 0.2) is 6.04 Å². The number of nitrogens with zero attached hydrogens (tertiary/aromatic N) is 3. The highest BCUT2D eigenvalue weighted by Gasteiger charge is 2.43. The Balaban J connectivity index is 2.01. The second-order valence-electron chi connectivity index (χ2n) is 5.95. The van der Waals surface area contributed by atoms with Crippen LogP contribution >= 0.6 is 23.1 Å². The van der Waals surface area contributed by atoms with Crippen molar-refractivity contribution in [2.24, 2.45) is 4.99 Å². The van der Waals surface area contributed by atoms with Crippen molar-refractivity contribution in [3.05, 3.63) is 23.2 Å². The molecule has 7 heteroatoms. The van der Waals surface area contributed by atoms with Crippen LogP contribution in [0.25, 0.3) is 10.2 Å². The number of aromatic nitrogens is 1. The summed E-state index contributed by atoms with van der Waals surface area (Å²) in [6.45, 7) is 3.81. The molecule has 1 aromatic carbocycles. The first-order chi connectivity index (χ1) is 10.3. The number of carboxylic acid groups (broad SMARTS) is 1. The molecule has 3 rings (SSSR count). The molecule has 0 bridgehead atoms. The van der Waals surface area contributed by atoms with Gasteiger partial charge in [0.2, 0.25) is 0 Å². The Kier molecular flexibility index (Phi) is 3.65. The normalized spacial score (nSPS) is 20.2. The van der Waals surface area contributed by atoms with Crippen LogP contribution in [0.4, 0.5) is 5.69 Å². The molecular weight excluding hydrogens is 318 g/mol. The summed E-state index contributed by atoms with van der Waals surface area (Å²) in [6.07, 6.45) is 0. The molecule has 0 saturated carbocycles. The van der Waals surface area contributed by atoms with Crippen molar-refractivity contribution < 1.29 is 9.90 Å². The lowest BCUT2D eigenvalue weighted by atomic mass is 10.0. The Labute approximate surface area is 137 Å². The van der Waals surface area contributed by atoms with Gasteiger partial charge in [0.1, 0.15) is 10.1 Å². The van der Waals surface area contributed by atoms with Gasteiger partial charge in [-0.3, -0.25) is 4.99 Å². The monoisotopic (exact) mass is 335 g/mol. The number of fused-ring (bicyclic) bond motifs is 1. The van der Waals surface area contributed by atoms with Gasteiger partial charge in [0.25, 0.3) is 0 Å². The minimum Gasteiger partial charge on any atom is -0.480 e. The van der Waals surface area contributed by atoms with Gasteiger partial charge in [0, 0.05) is 24.5 Å². The van der Waals surface area contributed by atoms with E-state index in [0.717, 1.165) is 26.0 Å². The van der Waals surface area contributed by atoms with Crippen molar-refractivity contribution in [2.45, 2.75) is 24.6 Å². The number of benzene rings is 1. The molecule has 22 heavy (non-hydrogen) atoms. The standard InChI is InChI=1S/C15H17N3O2S2/c1-15(2)11(14(19)20)17-13(22-15)12-16-9-7-8(18(3)4)5-6-10(9)21-12/h5-7,11H,1-4H3,(H,19,20)/t11-/m0/s1. The fraction of sp³-hybridized carbons (Fsp3) is 0.400. The van der Waals surface area contributed by atoms with Gasteiger partial charge in [-0.1, -0.05) is 11.8 Å². The number of thiazole rings is 1. The minimum absolute atomic E-state index is 0.451. The topological polar surface area (TPSA) is 65.8 Å². The summed E-state index contributed by atoms with van der Waals surface area (Å²) in [5.74, 6) is -0.886. The summed E-state index contributed by atoms with van der Waals surface area (Å²) in [5, 5.41) is 10.8. The maximum atomic E-state index is 11.3. The van der Waals surface area contributed by atoms with E-state index in [0.29, 0.717) is 0 Å². The fourth-order valence-corrected chi connectivity index (χ4v) is 4.48. The lowest BCUT2D eigenvalue weighted by molar-refractivity contribution is -0.138. The van der Waals surface area contributed by atoms with Crippen LogP contribution in [0, 0.1) is 0 Å². The summed E-state index contributed by atoms with van der Waals surface area (Å²) in [5.41, 5.74) is 2.01. The number of carbonyl (C=O) groups is 1. The van der Waals surface area contributed by atoms with E-state index in [2.05, 4.69) is 16.0 Å². The third-order valence-corrected chi connectivity index (χ3v) is 5.98. The summed E-state index contributed by atoms with van der Waals surface area (Å²) in [4.78, 5) is 22.4. The number of carboxylic acids is 1. The average Bonchev–Trinajstić information content (AvgIpc) is 2.97. The number of thioether (sulfide) groups is 1. The zero-order valence-electron chi connectivity index (χ0n) is 12.8. The van der Waals surface area contributed by atoms with Crippen LogP contribution in [0.1, 0.15) is 18.9 Å². The number of hydrogen-bond acceptors (Lipinski definition) is 6. The van der Waals surface area contributed by atoms with Crippen molar-refractivity contribution in [1.29, 1.82) is 0 Å². The Morgan fingerprint density at radius 2 is 2.09 bits per heavy atom. The van der Waals surface area contributed by atoms with Crippen LogP contribution in [0.5, 0.6) is 0 Å². The zero-order valence-corrected chi connectivity index (χ0v) is 14.5. The molecule has 0 aliphatic carbocycles. The van der Waals surface area contributed by atoms with Crippen LogP contribution in [-0.2, 0) is 4.79 Å². The van der Waals surface area contributed by atoms with Gasteiger partial charge in [-0.2, -0.15) is 0 Å². The van der Waals surface area contributed by atoms with Crippen LogP contribution in [0.15, 0.2) is 23.2 Å². The Morgan fingerprint density at radius 1 is 1.36 bits per heavy atom. The first-order valence-corrected chi connectivity index (χ1v) is 8.49. The van der Waals surface area contributed by atoms with Crippen molar-refractivity contribution in [1.82, 2.24) is 4.98 Å². The van der Waals surface area contributed by atoms with E-state index in [1.807, 2.05) is 45.0 Å². The Hall–Kier alpha value is -1.60. The first-order valence-electron chi connectivity index (χ1n) is 6.86. The molecule has 1 atom stereocenters. The molecular formula is C15H17N3O2S2. The smallest absolute Gasteiger partial charge is 0.329 e. The average molecular weight is 335 g/mol. The van der Waals surface area contributed by atoms with Gasteiger partial charge < -0.3 is 10.0 Å². The summed E-state index contributed by atoms with van der Waals surface area (Å²) >= 11 is 3.05. The van der Waals surface area contributed by atoms with Crippen molar-refractivity contribution in [3.8, 4) is 0 Å². The number of aliphatic imine (C=N–C) groups is 1. The molecule has 0 unspecified atom stereocenters. The molecule has 116 valence electrons. The Bertz CT molecular complexity index is 780. The molecule has 1 aliphatic heterocycles. The highest BCUT2D eigenvalue weighted by atomic mass is 32.2. The van der Waals surface area contributed by atoms with Gasteiger partial charge in [-0.25, -0.2) is 9.78 Å². The van der Waals surface area contributed by atoms with E-state index in [-0.39, 0.29) is 0 Å². The highest BCUT2D eigenvalue weighted by Crippen LogP contribution is 2.41. The van der Waals surface area contributed by atoms with Gasteiger partial charge >= 0.3 is 5.97 Å². The van der Waals surface area contributed by atoms with Gasteiger partial charge in [-0.05, 0) is 32.0 Å². The van der Waals surface area contributed by atoms with Crippen LogP contribution < -0.4 is 4.90 Å². The Morgan fingerprint density at radius 3 is 2.68 bits per heavy atom. The molecule has 1 aliphatic rings. The zero-order chi connectivity index (χ0) is 16.1. The van der Waals surface area contributed by atoms with Gasteiger partial charge in [-0.15, -0.1) is 11.3 Å². The molecule has 0 saturated heterocycles. The highest BCUT2D eigenvalue weighted by molar-refractivity contribution is 8.16. The third kappa shape index (κ3) is 2.59.